The summed E-state index contributed by atoms with van der Waals surface area (Å²) in [4.78, 5) is 2.48. The van der Waals surface area contributed by atoms with Gasteiger partial charge in [-0.3, -0.25) is 0 Å². The van der Waals surface area contributed by atoms with Gasteiger partial charge in [0.2, 0.25) is 0 Å². The molecule has 0 aromatic rings. The molecule has 0 heterocycles. The third-order valence-electron chi connectivity index (χ3n) is 2.67. The van der Waals surface area contributed by atoms with E-state index in [0.717, 1.165) is 0 Å². The van der Waals surface area contributed by atoms with E-state index in [1.165, 1.54) is 57.7 Å². The highest BCUT2D eigenvalue weighted by molar-refractivity contribution is 7.98. The Morgan fingerprint density at radius 1 is 1.00 bits per heavy atom. The van der Waals surface area contributed by atoms with Crippen LogP contribution in [0.4, 0.5) is 0 Å². The highest BCUT2D eigenvalue weighted by atomic mass is 32.2. The van der Waals surface area contributed by atoms with Crippen molar-refractivity contribution in [1.82, 2.24) is 10.2 Å². The predicted molar refractivity (Wildman–Crippen MR) is 72.9 cm³/mol. The fraction of sp³-hybridized carbons (Fsp3) is 1.00. The van der Waals surface area contributed by atoms with Crippen LogP contribution in [0.1, 0.15) is 33.1 Å². The van der Waals surface area contributed by atoms with Crippen LogP contribution >= 0.6 is 11.8 Å². The Hall–Kier alpha value is 0.270. The summed E-state index contributed by atoms with van der Waals surface area (Å²) in [5.74, 6) is 1.31. The van der Waals surface area contributed by atoms with Crippen LogP contribution in [0.5, 0.6) is 0 Å². The zero-order valence-electron chi connectivity index (χ0n) is 10.7. The lowest BCUT2D eigenvalue weighted by Gasteiger charge is -2.17. The summed E-state index contributed by atoms with van der Waals surface area (Å²) in [5.41, 5.74) is 0. The molecule has 0 amide bonds. The van der Waals surface area contributed by atoms with Gasteiger partial charge in [0.15, 0.2) is 0 Å². The Morgan fingerprint density at radius 3 is 2.27 bits per heavy atom. The number of hydrogen-bond donors (Lipinski definition) is 1. The van der Waals surface area contributed by atoms with E-state index < -0.39 is 0 Å². The van der Waals surface area contributed by atoms with E-state index in [0.29, 0.717) is 0 Å². The molecule has 0 atom stereocenters. The highest BCUT2D eigenvalue weighted by Gasteiger charge is 1.97. The Balaban J connectivity index is 3.04. The van der Waals surface area contributed by atoms with E-state index in [2.05, 4.69) is 30.3 Å². The first-order chi connectivity index (χ1) is 7.35. The third-order valence-corrected chi connectivity index (χ3v) is 3.37. The fourth-order valence-corrected chi connectivity index (χ4v) is 2.08. The number of nitrogens with one attached hydrogen (secondary N) is 1. The normalized spacial score (nSPS) is 11.2. The summed E-state index contributed by atoms with van der Waals surface area (Å²) in [6, 6.07) is 0. The first-order valence-corrected chi connectivity index (χ1v) is 7.66. The number of rotatable bonds is 11. The Bertz CT molecular complexity index is 116. The lowest BCUT2D eigenvalue weighted by atomic mass is 10.3. The third kappa shape index (κ3) is 10.6. The number of unbranched alkanes of at least 4 members (excludes halogenated alkanes) is 1. The molecule has 0 aliphatic carbocycles. The minimum absolute atomic E-state index is 1.18. The minimum Gasteiger partial charge on any atom is -0.317 e. The molecule has 0 saturated heterocycles. The fourth-order valence-electron chi connectivity index (χ4n) is 1.59. The summed E-state index contributed by atoms with van der Waals surface area (Å²) in [5, 5.41) is 3.51. The van der Waals surface area contributed by atoms with Gasteiger partial charge in [0.1, 0.15) is 0 Å². The highest BCUT2D eigenvalue weighted by Crippen LogP contribution is 1.97. The van der Waals surface area contributed by atoms with Crippen LogP contribution in [-0.4, -0.2) is 49.6 Å². The van der Waals surface area contributed by atoms with Gasteiger partial charge in [0.05, 0.1) is 0 Å². The van der Waals surface area contributed by atoms with Crippen molar-refractivity contribution in [2.75, 3.05) is 44.7 Å². The van der Waals surface area contributed by atoms with Gasteiger partial charge >= 0.3 is 0 Å². The maximum Gasteiger partial charge on any atom is -0.000687 e. The van der Waals surface area contributed by atoms with Crippen molar-refractivity contribution in [3.8, 4) is 0 Å². The van der Waals surface area contributed by atoms with Crippen molar-refractivity contribution in [2.24, 2.45) is 0 Å². The van der Waals surface area contributed by atoms with Crippen molar-refractivity contribution in [3.63, 3.8) is 0 Å². The van der Waals surface area contributed by atoms with Crippen molar-refractivity contribution >= 4 is 11.8 Å². The molecule has 2 nitrogen and oxygen atoms in total. The average Bonchev–Trinajstić information content (AvgIpc) is 2.27. The zero-order chi connectivity index (χ0) is 11.4. The van der Waals surface area contributed by atoms with Gasteiger partial charge in [-0.1, -0.05) is 13.8 Å². The number of nitrogens with zero attached hydrogens (tertiary/aromatic N) is 1. The van der Waals surface area contributed by atoms with Gasteiger partial charge in [0, 0.05) is 0 Å². The van der Waals surface area contributed by atoms with E-state index in [9.17, 15) is 0 Å². The molecule has 0 saturated carbocycles. The van der Waals surface area contributed by atoms with Gasteiger partial charge in [-0.2, -0.15) is 11.8 Å². The van der Waals surface area contributed by atoms with Crippen LogP contribution in [0, 0.1) is 0 Å². The molecule has 0 spiro atoms. The van der Waals surface area contributed by atoms with Crippen LogP contribution in [0.3, 0.4) is 0 Å². The topological polar surface area (TPSA) is 15.3 Å². The Labute approximate surface area is 100 Å². The molecule has 0 aliphatic heterocycles. The molecule has 0 aromatic carbocycles. The van der Waals surface area contributed by atoms with Crippen LogP contribution in [0.15, 0.2) is 0 Å². The van der Waals surface area contributed by atoms with Crippen LogP contribution in [0.25, 0.3) is 0 Å². The van der Waals surface area contributed by atoms with E-state index in [-0.39, 0.29) is 0 Å². The molecule has 92 valence electrons. The van der Waals surface area contributed by atoms with Crippen LogP contribution in [0.2, 0.25) is 0 Å². The number of hydrogen-bond acceptors (Lipinski definition) is 3. The second-order valence-corrected chi connectivity index (χ2v) is 4.82. The molecule has 0 bridgehead atoms. The smallest absolute Gasteiger partial charge is 0.000687 e. The Kier molecular flexibility index (Phi) is 12.6. The van der Waals surface area contributed by atoms with Gasteiger partial charge in [-0.25, -0.2) is 0 Å². The monoisotopic (exact) mass is 232 g/mol. The van der Waals surface area contributed by atoms with Crippen LogP contribution < -0.4 is 5.32 Å². The summed E-state index contributed by atoms with van der Waals surface area (Å²) >= 11 is 1.95. The molecule has 15 heavy (non-hydrogen) atoms. The molecule has 0 aromatic heterocycles. The van der Waals surface area contributed by atoms with E-state index >= 15 is 0 Å². The lowest BCUT2D eigenvalue weighted by Crippen LogP contribution is -2.27. The van der Waals surface area contributed by atoms with E-state index in [1.807, 2.05) is 11.8 Å². The SMILES string of the molecule is CCN(CC)CCCNCCCCSC. The van der Waals surface area contributed by atoms with Gasteiger partial charge < -0.3 is 10.2 Å². The summed E-state index contributed by atoms with van der Waals surface area (Å²) in [7, 11) is 0. The first-order valence-electron chi connectivity index (χ1n) is 6.27. The molecular formula is C12H28N2S. The zero-order valence-corrected chi connectivity index (χ0v) is 11.5. The van der Waals surface area contributed by atoms with Gasteiger partial charge in [0.25, 0.3) is 0 Å². The second kappa shape index (κ2) is 12.3. The molecule has 1 N–H and O–H groups in total. The Morgan fingerprint density at radius 2 is 1.67 bits per heavy atom. The van der Waals surface area contributed by atoms with Crippen molar-refractivity contribution in [2.45, 2.75) is 33.1 Å². The maximum absolute atomic E-state index is 3.51. The largest absolute Gasteiger partial charge is 0.317 e. The molecule has 0 rings (SSSR count). The lowest BCUT2D eigenvalue weighted by molar-refractivity contribution is 0.298. The van der Waals surface area contributed by atoms with Crippen molar-refractivity contribution < 1.29 is 0 Å². The molecule has 0 radical (unpaired) electrons. The summed E-state index contributed by atoms with van der Waals surface area (Å²) in [6.45, 7) is 10.5. The summed E-state index contributed by atoms with van der Waals surface area (Å²) in [6.07, 6.45) is 6.14. The van der Waals surface area contributed by atoms with Crippen LogP contribution in [-0.2, 0) is 0 Å². The van der Waals surface area contributed by atoms with Gasteiger partial charge in [-0.15, -0.1) is 0 Å². The molecule has 3 heteroatoms. The second-order valence-electron chi connectivity index (χ2n) is 3.83. The maximum atomic E-state index is 3.51. The van der Waals surface area contributed by atoms with Crippen molar-refractivity contribution in [3.05, 3.63) is 0 Å². The predicted octanol–water partition coefficient (Wildman–Crippen LogP) is 2.45. The molecular weight excluding hydrogens is 204 g/mol. The summed E-state index contributed by atoms with van der Waals surface area (Å²) < 4.78 is 0. The average molecular weight is 232 g/mol. The minimum atomic E-state index is 1.18. The van der Waals surface area contributed by atoms with E-state index in [4.69, 9.17) is 0 Å². The molecule has 0 fully saturated rings. The quantitative estimate of drug-likeness (QED) is 0.551. The van der Waals surface area contributed by atoms with Gasteiger partial charge in [-0.05, 0) is 64.0 Å². The molecule has 0 unspecified atom stereocenters. The molecule has 0 aliphatic rings. The standard InChI is InChI=1S/C12H28N2S/c1-4-14(5-2)11-8-10-13-9-6-7-12-15-3/h13H,4-12H2,1-3H3. The van der Waals surface area contributed by atoms with Crippen molar-refractivity contribution in [1.29, 1.82) is 0 Å². The number of thioether (sulfide) groups is 1. The first kappa shape index (κ1) is 15.3. The van der Waals surface area contributed by atoms with E-state index in [1.54, 1.807) is 0 Å².